The molecular formula is C20H21N3O3. The van der Waals surface area contributed by atoms with Gasteiger partial charge in [-0.25, -0.2) is 0 Å². The van der Waals surface area contributed by atoms with E-state index in [-0.39, 0.29) is 11.5 Å². The number of rotatable bonds is 6. The topological polar surface area (TPSA) is 74.4 Å². The number of hydrogen-bond donors (Lipinski definition) is 2. The number of hydrogen-bond acceptors (Lipinski definition) is 4. The number of pyridine rings is 1. The van der Waals surface area contributed by atoms with Crippen LogP contribution in [0.5, 0.6) is 5.75 Å². The van der Waals surface area contributed by atoms with E-state index in [9.17, 15) is 9.59 Å². The number of carbonyl (C=O) groups is 1. The van der Waals surface area contributed by atoms with Crippen LogP contribution in [0.3, 0.4) is 0 Å². The highest BCUT2D eigenvalue weighted by Crippen LogP contribution is 2.21. The third kappa shape index (κ3) is 4.29. The Hall–Kier alpha value is -3.12. The summed E-state index contributed by atoms with van der Waals surface area (Å²) < 4.78 is 5.70. The summed E-state index contributed by atoms with van der Waals surface area (Å²) in [7, 11) is 3.97. The van der Waals surface area contributed by atoms with Crippen molar-refractivity contribution < 1.29 is 9.53 Å². The molecule has 2 aromatic carbocycles. The Morgan fingerprint density at radius 1 is 1.15 bits per heavy atom. The minimum Gasteiger partial charge on any atom is -0.492 e. The second kappa shape index (κ2) is 7.84. The lowest BCUT2D eigenvalue weighted by molar-refractivity contribution is 0.102. The number of H-pyrrole nitrogens is 1. The van der Waals surface area contributed by atoms with Crippen molar-refractivity contribution >= 4 is 22.4 Å². The van der Waals surface area contributed by atoms with Gasteiger partial charge in [0.1, 0.15) is 12.4 Å². The highest BCUT2D eigenvalue weighted by molar-refractivity contribution is 6.12. The summed E-state index contributed by atoms with van der Waals surface area (Å²) in [5.74, 6) is 0.458. The Morgan fingerprint density at radius 2 is 1.96 bits per heavy atom. The molecule has 3 rings (SSSR count). The van der Waals surface area contributed by atoms with Crippen molar-refractivity contribution in [3.8, 4) is 5.75 Å². The average Bonchev–Trinajstić information content (AvgIpc) is 2.61. The third-order valence-corrected chi connectivity index (χ3v) is 3.93. The molecule has 1 aromatic heterocycles. The summed E-state index contributed by atoms with van der Waals surface area (Å²) in [6.07, 6.45) is 1.56. The van der Waals surface area contributed by atoms with E-state index in [1.54, 1.807) is 30.5 Å². The summed E-state index contributed by atoms with van der Waals surface area (Å²) in [5.41, 5.74) is 0.953. The number of aromatic nitrogens is 1. The molecule has 0 unspecified atom stereocenters. The molecule has 1 amide bonds. The number of ether oxygens (including phenoxy) is 1. The molecule has 0 aliphatic carbocycles. The van der Waals surface area contributed by atoms with Crippen LogP contribution >= 0.6 is 0 Å². The van der Waals surface area contributed by atoms with Gasteiger partial charge >= 0.3 is 0 Å². The van der Waals surface area contributed by atoms with E-state index in [2.05, 4.69) is 10.3 Å². The minimum absolute atomic E-state index is 0.197. The molecule has 0 bridgehead atoms. The second-order valence-corrected chi connectivity index (χ2v) is 6.24. The highest BCUT2D eigenvalue weighted by atomic mass is 16.5. The molecule has 0 aliphatic heterocycles. The van der Waals surface area contributed by atoms with Crippen LogP contribution in [0, 0.1) is 0 Å². The quantitative estimate of drug-likeness (QED) is 0.716. The van der Waals surface area contributed by atoms with Gasteiger partial charge in [-0.1, -0.05) is 18.2 Å². The number of fused-ring (bicyclic) bond motifs is 1. The van der Waals surface area contributed by atoms with Gasteiger partial charge in [0.15, 0.2) is 0 Å². The molecule has 0 spiro atoms. The Morgan fingerprint density at radius 3 is 2.77 bits per heavy atom. The fourth-order valence-corrected chi connectivity index (χ4v) is 2.60. The van der Waals surface area contributed by atoms with E-state index in [1.165, 1.54) is 6.07 Å². The predicted octanol–water partition coefficient (Wildman–Crippen LogP) is 2.72. The Labute approximate surface area is 151 Å². The van der Waals surface area contributed by atoms with Gasteiger partial charge in [0.2, 0.25) is 5.56 Å². The molecule has 0 radical (unpaired) electrons. The SMILES string of the molecule is CN(C)CCOc1cccc(NC(=O)c2cccc3cc(=O)[nH]cc23)c1. The molecule has 0 aliphatic rings. The van der Waals surface area contributed by atoms with Crippen LogP contribution in [-0.4, -0.2) is 43.0 Å². The van der Waals surface area contributed by atoms with Crippen molar-refractivity contribution in [3.63, 3.8) is 0 Å². The van der Waals surface area contributed by atoms with E-state index in [0.29, 0.717) is 29.0 Å². The van der Waals surface area contributed by atoms with Gasteiger partial charge in [-0.15, -0.1) is 0 Å². The number of nitrogens with zero attached hydrogens (tertiary/aromatic N) is 1. The summed E-state index contributed by atoms with van der Waals surface area (Å²) in [5, 5.41) is 4.30. The van der Waals surface area contributed by atoms with Crippen molar-refractivity contribution in [3.05, 3.63) is 70.6 Å². The fourth-order valence-electron chi connectivity index (χ4n) is 2.60. The van der Waals surface area contributed by atoms with Crippen molar-refractivity contribution in [2.45, 2.75) is 0 Å². The second-order valence-electron chi connectivity index (χ2n) is 6.24. The van der Waals surface area contributed by atoms with Gasteiger partial charge in [0.25, 0.3) is 5.91 Å². The van der Waals surface area contributed by atoms with Crippen molar-refractivity contribution in [2.24, 2.45) is 0 Å². The lowest BCUT2D eigenvalue weighted by Crippen LogP contribution is -2.19. The number of aromatic amines is 1. The molecule has 6 nitrogen and oxygen atoms in total. The van der Waals surface area contributed by atoms with E-state index < -0.39 is 0 Å². The largest absolute Gasteiger partial charge is 0.492 e. The molecule has 2 N–H and O–H groups in total. The molecule has 0 atom stereocenters. The van der Waals surface area contributed by atoms with Crippen LogP contribution < -0.4 is 15.6 Å². The van der Waals surface area contributed by atoms with Crippen LogP contribution in [0.4, 0.5) is 5.69 Å². The average molecular weight is 351 g/mol. The molecule has 0 fully saturated rings. The minimum atomic E-state index is -0.243. The molecule has 1 heterocycles. The zero-order chi connectivity index (χ0) is 18.5. The standard InChI is InChI=1S/C20H21N3O3/c1-23(2)9-10-26-16-7-4-6-15(12-16)22-20(25)17-8-3-5-14-11-19(24)21-13-18(14)17/h3-8,11-13H,9-10H2,1-2H3,(H,21,24)(H,22,25). The number of anilines is 1. The molecule has 26 heavy (non-hydrogen) atoms. The van der Waals surface area contributed by atoms with E-state index in [1.807, 2.05) is 37.2 Å². The van der Waals surface area contributed by atoms with E-state index in [4.69, 9.17) is 4.74 Å². The van der Waals surface area contributed by atoms with E-state index >= 15 is 0 Å². The van der Waals surface area contributed by atoms with Crippen LogP contribution in [-0.2, 0) is 0 Å². The van der Waals surface area contributed by atoms with Crippen LogP contribution in [0.25, 0.3) is 10.8 Å². The molecule has 3 aromatic rings. The van der Waals surface area contributed by atoms with Crippen molar-refractivity contribution in [1.82, 2.24) is 9.88 Å². The van der Waals surface area contributed by atoms with Crippen LogP contribution in [0.15, 0.2) is 59.5 Å². The molecular weight excluding hydrogens is 330 g/mol. The molecule has 0 saturated heterocycles. The summed E-state index contributed by atoms with van der Waals surface area (Å²) >= 11 is 0. The Kier molecular flexibility index (Phi) is 5.34. The number of carbonyl (C=O) groups excluding carboxylic acids is 1. The van der Waals surface area contributed by atoms with Crippen molar-refractivity contribution in [2.75, 3.05) is 32.6 Å². The first-order chi connectivity index (χ1) is 12.5. The maximum Gasteiger partial charge on any atom is 0.256 e. The molecule has 134 valence electrons. The van der Waals surface area contributed by atoms with Crippen molar-refractivity contribution in [1.29, 1.82) is 0 Å². The first kappa shape index (κ1) is 17.7. The van der Waals surface area contributed by atoms with Crippen LogP contribution in [0.2, 0.25) is 0 Å². The van der Waals surface area contributed by atoms with Gasteiger partial charge < -0.3 is 19.9 Å². The maximum atomic E-state index is 12.7. The maximum absolute atomic E-state index is 12.7. The molecule has 0 saturated carbocycles. The zero-order valence-electron chi connectivity index (χ0n) is 14.8. The Bertz CT molecular complexity index is 979. The van der Waals surface area contributed by atoms with Gasteiger partial charge in [-0.05, 0) is 37.7 Å². The monoisotopic (exact) mass is 351 g/mol. The molecule has 6 heteroatoms. The number of likely N-dealkylation sites (N-methyl/N-ethyl adjacent to an activating group) is 1. The predicted molar refractivity (Wildman–Crippen MR) is 103 cm³/mol. The zero-order valence-corrected chi connectivity index (χ0v) is 14.8. The number of nitrogens with one attached hydrogen (secondary N) is 2. The Balaban J connectivity index is 1.77. The van der Waals surface area contributed by atoms with Crippen LogP contribution in [0.1, 0.15) is 10.4 Å². The van der Waals surface area contributed by atoms with Gasteiger partial charge in [-0.3, -0.25) is 9.59 Å². The first-order valence-corrected chi connectivity index (χ1v) is 8.33. The smallest absolute Gasteiger partial charge is 0.256 e. The summed E-state index contributed by atoms with van der Waals surface area (Å²) in [6, 6.07) is 14.1. The number of benzene rings is 2. The number of amides is 1. The van der Waals surface area contributed by atoms with Gasteiger partial charge in [0, 0.05) is 41.5 Å². The summed E-state index contributed by atoms with van der Waals surface area (Å²) in [6.45, 7) is 1.38. The first-order valence-electron chi connectivity index (χ1n) is 8.33. The fraction of sp³-hybridized carbons (Fsp3) is 0.200. The normalized spacial score (nSPS) is 10.9. The van der Waals surface area contributed by atoms with E-state index in [0.717, 1.165) is 11.9 Å². The lowest BCUT2D eigenvalue weighted by Gasteiger charge is -2.12. The summed E-state index contributed by atoms with van der Waals surface area (Å²) in [4.78, 5) is 28.8. The highest BCUT2D eigenvalue weighted by Gasteiger charge is 2.11. The third-order valence-electron chi connectivity index (χ3n) is 3.93. The van der Waals surface area contributed by atoms with Gasteiger partial charge in [0.05, 0.1) is 0 Å². The van der Waals surface area contributed by atoms with Gasteiger partial charge in [-0.2, -0.15) is 0 Å². The lowest BCUT2D eigenvalue weighted by atomic mass is 10.1.